The first kappa shape index (κ1) is 18.0. The summed E-state index contributed by atoms with van der Waals surface area (Å²) in [5.74, 6) is -1.15. The molecule has 2 aliphatic heterocycles. The average molecular weight is 328 g/mol. The number of nitrogens with one attached hydrogen (secondary N) is 1. The number of hydrogen-bond acceptors (Lipinski definition) is 5. The molecule has 132 valence electrons. The Morgan fingerprint density at radius 3 is 2.35 bits per heavy atom. The van der Waals surface area contributed by atoms with Crippen molar-refractivity contribution in [2.45, 2.75) is 57.8 Å². The molecular formula is C16H28N2O5. The van der Waals surface area contributed by atoms with Crippen LogP contribution in [0.3, 0.4) is 0 Å². The molecule has 2 saturated heterocycles. The number of likely N-dealkylation sites (tertiary alicyclic amines) is 1. The lowest BCUT2D eigenvalue weighted by Crippen LogP contribution is -2.47. The van der Waals surface area contributed by atoms with Crippen LogP contribution in [-0.2, 0) is 14.3 Å². The first-order chi connectivity index (χ1) is 10.7. The van der Waals surface area contributed by atoms with Crippen LogP contribution in [0.2, 0.25) is 0 Å². The molecule has 0 radical (unpaired) electrons. The van der Waals surface area contributed by atoms with Crippen LogP contribution in [0.4, 0.5) is 4.79 Å². The van der Waals surface area contributed by atoms with Crippen LogP contribution in [0.5, 0.6) is 0 Å². The van der Waals surface area contributed by atoms with E-state index in [0.717, 1.165) is 12.8 Å². The highest BCUT2D eigenvalue weighted by molar-refractivity contribution is 5.70. The van der Waals surface area contributed by atoms with Crippen molar-refractivity contribution in [1.29, 1.82) is 0 Å². The third kappa shape index (κ3) is 5.66. The Balaban J connectivity index is 1.74. The van der Waals surface area contributed by atoms with Gasteiger partial charge in [0.1, 0.15) is 5.60 Å². The highest BCUT2D eigenvalue weighted by atomic mass is 16.6. The van der Waals surface area contributed by atoms with Crippen molar-refractivity contribution in [2.24, 2.45) is 5.92 Å². The largest absolute Gasteiger partial charge is 0.481 e. The van der Waals surface area contributed by atoms with Crippen LogP contribution in [0, 0.1) is 5.92 Å². The van der Waals surface area contributed by atoms with Gasteiger partial charge in [0.05, 0.1) is 18.1 Å². The zero-order valence-electron chi connectivity index (χ0n) is 14.2. The Labute approximate surface area is 137 Å². The maximum Gasteiger partial charge on any atom is 0.410 e. The van der Waals surface area contributed by atoms with E-state index in [4.69, 9.17) is 14.6 Å². The predicted octanol–water partition coefficient (Wildman–Crippen LogP) is 1.47. The number of piperidine rings is 2. The number of nitrogens with zero attached hydrogens (tertiary/aromatic N) is 1. The first-order valence-electron chi connectivity index (χ1n) is 8.31. The van der Waals surface area contributed by atoms with Crippen LogP contribution in [0.25, 0.3) is 0 Å². The smallest absolute Gasteiger partial charge is 0.410 e. The summed E-state index contributed by atoms with van der Waals surface area (Å²) in [7, 11) is 0. The Morgan fingerprint density at radius 2 is 1.78 bits per heavy atom. The first-order valence-corrected chi connectivity index (χ1v) is 8.31. The monoisotopic (exact) mass is 328 g/mol. The summed E-state index contributed by atoms with van der Waals surface area (Å²) in [5.41, 5.74) is -0.482. The van der Waals surface area contributed by atoms with Gasteiger partial charge in [-0.1, -0.05) is 0 Å². The molecular weight excluding hydrogens is 300 g/mol. The van der Waals surface area contributed by atoms with Gasteiger partial charge in [0.2, 0.25) is 0 Å². The lowest BCUT2D eigenvalue weighted by Gasteiger charge is -2.36. The fourth-order valence-electron chi connectivity index (χ4n) is 2.97. The molecule has 2 aliphatic rings. The second-order valence-electron chi connectivity index (χ2n) is 7.35. The maximum absolute atomic E-state index is 12.0. The molecule has 2 N–H and O–H groups in total. The minimum absolute atomic E-state index is 0.0667. The molecule has 0 aromatic carbocycles. The molecule has 0 aromatic rings. The van der Waals surface area contributed by atoms with Gasteiger partial charge < -0.3 is 24.8 Å². The third-order valence-electron chi connectivity index (χ3n) is 4.14. The van der Waals surface area contributed by atoms with Crippen molar-refractivity contribution in [3.05, 3.63) is 0 Å². The molecule has 0 saturated carbocycles. The van der Waals surface area contributed by atoms with Gasteiger partial charge in [0.15, 0.2) is 0 Å². The Bertz CT molecular complexity index is 427. The van der Waals surface area contributed by atoms with E-state index in [1.165, 1.54) is 0 Å². The van der Waals surface area contributed by atoms with Crippen molar-refractivity contribution in [2.75, 3.05) is 26.2 Å². The molecule has 7 nitrogen and oxygen atoms in total. The number of rotatable bonds is 3. The molecule has 23 heavy (non-hydrogen) atoms. The highest BCUT2D eigenvalue weighted by Crippen LogP contribution is 2.21. The van der Waals surface area contributed by atoms with Crippen molar-refractivity contribution in [3.8, 4) is 0 Å². The summed E-state index contributed by atoms with van der Waals surface area (Å²) >= 11 is 0. The Kier molecular flexibility index (Phi) is 5.86. The standard InChI is InChI=1S/C16H28N2O5/c1-16(2,3)23-15(21)18-6-4-12(5-7-18)22-13-8-11(14(19)20)9-17-10-13/h11-13,17H,4-10H2,1-3H3,(H,19,20)/t11-,13+/m1/s1. The number of aliphatic carboxylic acids is 1. The molecule has 7 heteroatoms. The predicted molar refractivity (Wildman–Crippen MR) is 84.3 cm³/mol. The second-order valence-corrected chi connectivity index (χ2v) is 7.35. The van der Waals surface area contributed by atoms with Crippen LogP contribution in [0.1, 0.15) is 40.0 Å². The van der Waals surface area contributed by atoms with Crippen molar-refractivity contribution in [1.82, 2.24) is 10.2 Å². The number of carbonyl (C=O) groups is 2. The number of carboxylic acids is 1. The van der Waals surface area contributed by atoms with Gasteiger partial charge in [-0.25, -0.2) is 4.79 Å². The molecule has 0 bridgehead atoms. The summed E-state index contributed by atoms with van der Waals surface area (Å²) in [5, 5.41) is 12.2. The van der Waals surface area contributed by atoms with Crippen molar-refractivity contribution >= 4 is 12.1 Å². The van der Waals surface area contributed by atoms with Gasteiger partial charge in [-0.15, -0.1) is 0 Å². The van der Waals surface area contributed by atoms with E-state index >= 15 is 0 Å². The molecule has 0 spiro atoms. The normalized spacial score (nSPS) is 26.8. The number of ether oxygens (including phenoxy) is 2. The third-order valence-corrected chi connectivity index (χ3v) is 4.14. The second kappa shape index (κ2) is 7.49. The van der Waals surface area contributed by atoms with Crippen LogP contribution < -0.4 is 5.32 Å². The summed E-state index contributed by atoms with van der Waals surface area (Å²) in [6, 6.07) is 0. The molecule has 2 rings (SSSR count). The van der Waals surface area contributed by atoms with E-state index in [2.05, 4.69) is 5.32 Å². The number of hydrogen-bond donors (Lipinski definition) is 2. The quantitative estimate of drug-likeness (QED) is 0.815. The zero-order valence-corrected chi connectivity index (χ0v) is 14.2. The highest BCUT2D eigenvalue weighted by Gasteiger charge is 2.31. The van der Waals surface area contributed by atoms with Gasteiger partial charge in [0.25, 0.3) is 0 Å². The van der Waals surface area contributed by atoms with E-state index in [1.807, 2.05) is 20.8 Å². The fourth-order valence-corrected chi connectivity index (χ4v) is 2.97. The molecule has 0 aromatic heterocycles. The number of amides is 1. The van der Waals surface area contributed by atoms with Crippen LogP contribution in [0.15, 0.2) is 0 Å². The maximum atomic E-state index is 12.0. The number of carbonyl (C=O) groups excluding carboxylic acids is 1. The van der Waals surface area contributed by atoms with E-state index in [-0.39, 0.29) is 24.2 Å². The van der Waals surface area contributed by atoms with Gasteiger partial charge in [0, 0.05) is 26.2 Å². The molecule has 0 unspecified atom stereocenters. The van der Waals surface area contributed by atoms with E-state index < -0.39 is 11.6 Å². The fraction of sp³-hybridized carbons (Fsp3) is 0.875. The van der Waals surface area contributed by atoms with E-state index in [0.29, 0.717) is 32.6 Å². The molecule has 1 amide bonds. The SMILES string of the molecule is CC(C)(C)OC(=O)N1CCC(O[C@@H]2CNC[C@H](C(=O)O)C2)CC1. The summed E-state index contributed by atoms with van der Waals surface area (Å²) in [6.45, 7) is 7.99. The minimum atomic E-state index is -0.773. The average Bonchev–Trinajstić information content (AvgIpc) is 2.46. The lowest BCUT2D eigenvalue weighted by atomic mass is 9.97. The topological polar surface area (TPSA) is 88.1 Å². The number of carboxylic acid groups (broad SMARTS) is 1. The Morgan fingerprint density at radius 1 is 1.13 bits per heavy atom. The van der Waals surface area contributed by atoms with Gasteiger partial charge in [-0.3, -0.25) is 4.79 Å². The lowest BCUT2D eigenvalue weighted by molar-refractivity contribution is -0.145. The van der Waals surface area contributed by atoms with Gasteiger partial charge in [-0.2, -0.15) is 0 Å². The molecule has 2 fully saturated rings. The zero-order chi connectivity index (χ0) is 17.0. The van der Waals surface area contributed by atoms with Gasteiger partial charge >= 0.3 is 12.1 Å². The summed E-state index contributed by atoms with van der Waals surface area (Å²) < 4.78 is 11.4. The van der Waals surface area contributed by atoms with Crippen molar-refractivity contribution in [3.63, 3.8) is 0 Å². The van der Waals surface area contributed by atoms with E-state index in [1.54, 1.807) is 4.90 Å². The molecule has 0 aliphatic carbocycles. The van der Waals surface area contributed by atoms with Crippen LogP contribution >= 0.6 is 0 Å². The van der Waals surface area contributed by atoms with Crippen molar-refractivity contribution < 1.29 is 24.2 Å². The van der Waals surface area contributed by atoms with Crippen LogP contribution in [-0.4, -0.2) is 66.1 Å². The summed E-state index contributed by atoms with van der Waals surface area (Å²) in [4.78, 5) is 24.8. The molecule has 2 atom stereocenters. The Hall–Kier alpha value is -1.34. The minimum Gasteiger partial charge on any atom is -0.481 e. The van der Waals surface area contributed by atoms with Gasteiger partial charge in [-0.05, 0) is 40.0 Å². The molecule has 2 heterocycles. The van der Waals surface area contributed by atoms with E-state index in [9.17, 15) is 9.59 Å². The summed E-state index contributed by atoms with van der Waals surface area (Å²) in [6.07, 6.45) is 1.80.